The largest absolute Gasteiger partial charge is 0.437 e. The Morgan fingerprint density at radius 1 is 1.24 bits per heavy atom. The maximum Gasteiger partial charge on any atom is 0.219 e. The fourth-order valence-corrected chi connectivity index (χ4v) is 2.03. The van der Waals surface area contributed by atoms with E-state index in [1.807, 2.05) is 6.07 Å². The van der Waals surface area contributed by atoms with Gasteiger partial charge in [0.15, 0.2) is 0 Å². The molecule has 0 saturated carbocycles. The van der Waals surface area contributed by atoms with Crippen molar-refractivity contribution in [1.29, 1.82) is 0 Å². The number of halogens is 1. The number of hydrogen-bond acceptors (Lipinski definition) is 4. The van der Waals surface area contributed by atoms with Gasteiger partial charge in [0.25, 0.3) is 0 Å². The van der Waals surface area contributed by atoms with E-state index in [-0.39, 0.29) is 0 Å². The molecule has 2 aromatic heterocycles. The third-order valence-electron chi connectivity index (χ3n) is 2.95. The molecule has 5 heteroatoms. The number of pyridine rings is 2. The fraction of sp³-hybridized carbons (Fsp3) is 0.375. The van der Waals surface area contributed by atoms with E-state index in [4.69, 9.17) is 16.3 Å². The molecule has 0 unspecified atom stereocenters. The highest BCUT2D eigenvalue weighted by Gasteiger charge is 2.08. The van der Waals surface area contributed by atoms with E-state index in [0.29, 0.717) is 22.6 Å². The van der Waals surface area contributed by atoms with Crippen LogP contribution in [0.2, 0.25) is 5.02 Å². The Labute approximate surface area is 130 Å². The number of rotatable bonds is 6. The summed E-state index contributed by atoms with van der Waals surface area (Å²) in [5.74, 6) is 1.50. The molecule has 0 spiro atoms. The summed E-state index contributed by atoms with van der Waals surface area (Å²) in [6, 6.07) is 5.77. The van der Waals surface area contributed by atoms with Crippen molar-refractivity contribution in [2.45, 2.75) is 33.2 Å². The molecule has 112 valence electrons. The molecule has 0 aliphatic rings. The molecule has 21 heavy (non-hydrogen) atoms. The molecule has 0 radical (unpaired) electrons. The summed E-state index contributed by atoms with van der Waals surface area (Å²) in [4.78, 5) is 8.56. The van der Waals surface area contributed by atoms with Crippen LogP contribution >= 0.6 is 11.6 Å². The van der Waals surface area contributed by atoms with Gasteiger partial charge in [0.05, 0.1) is 11.2 Å². The van der Waals surface area contributed by atoms with Gasteiger partial charge in [0.2, 0.25) is 5.88 Å². The van der Waals surface area contributed by atoms with Crippen LogP contribution in [-0.4, -0.2) is 16.5 Å². The first-order valence-electron chi connectivity index (χ1n) is 7.08. The standard InChI is InChI=1S/C16H20ClN3O/c1-4-18-8-12-5-15(11(2)3)20-16(6-12)21-14-7-13(17)9-19-10-14/h5-7,9-11,18H,4,8H2,1-3H3. The van der Waals surface area contributed by atoms with Gasteiger partial charge in [-0.05, 0) is 24.1 Å². The molecule has 4 nitrogen and oxygen atoms in total. The molecule has 0 fully saturated rings. The molecular formula is C16H20ClN3O. The van der Waals surface area contributed by atoms with Crippen molar-refractivity contribution < 1.29 is 4.74 Å². The van der Waals surface area contributed by atoms with E-state index in [1.54, 1.807) is 18.5 Å². The summed E-state index contributed by atoms with van der Waals surface area (Å²) in [6.07, 6.45) is 3.20. The first-order chi connectivity index (χ1) is 10.1. The molecule has 0 aromatic carbocycles. The monoisotopic (exact) mass is 305 g/mol. The normalized spacial score (nSPS) is 10.9. The van der Waals surface area contributed by atoms with E-state index in [0.717, 1.165) is 24.3 Å². The van der Waals surface area contributed by atoms with Crippen LogP contribution < -0.4 is 10.1 Å². The van der Waals surface area contributed by atoms with Gasteiger partial charge in [-0.3, -0.25) is 4.98 Å². The Bertz CT molecular complexity index is 602. The van der Waals surface area contributed by atoms with Crippen LogP contribution in [0, 0.1) is 0 Å². The summed E-state index contributed by atoms with van der Waals surface area (Å²) in [5, 5.41) is 3.86. The summed E-state index contributed by atoms with van der Waals surface area (Å²) in [6.45, 7) is 8.03. The SMILES string of the molecule is CCNCc1cc(Oc2cncc(Cl)c2)nc(C(C)C)c1. The number of nitrogens with zero attached hydrogens (tertiary/aromatic N) is 2. The van der Waals surface area contributed by atoms with E-state index in [1.165, 1.54) is 0 Å². The Morgan fingerprint density at radius 3 is 2.71 bits per heavy atom. The zero-order chi connectivity index (χ0) is 15.2. The van der Waals surface area contributed by atoms with Gasteiger partial charge < -0.3 is 10.1 Å². The Morgan fingerprint density at radius 2 is 2.05 bits per heavy atom. The molecule has 0 saturated heterocycles. The van der Waals surface area contributed by atoms with Crippen LogP contribution in [-0.2, 0) is 6.54 Å². The smallest absolute Gasteiger partial charge is 0.219 e. The first kappa shape index (κ1) is 15.7. The van der Waals surface area contributed by atoms with Crippen LogP contribution in [0.25, 0.3) is 0 Å². The highest BCUT2D eigenvalue weighted by atomic mass is 35.5. The number of aromatic nitrogens is 2. The van der Waals surface area contributed by atoms with Crippen molar-refractivity contribution >= 4 is 11.6 Å². The molecule has 1 N–H and O–H groups in total. The predicted molar refractivity (Wildman–Crippen MR) is 85.0 cm³/mol. The lowest BCUT2D eigenvalue weighted by atomic mass is 10.1. The lowest BCUT2D eigenvalue weighted by Crippen LogP contribution is -2.12. The van der Waals surface area contributed by atoms with Crippen LogP contribution in [0.3, 0.4) is 0 Å². The van der Waals surface area contributed by atoms with Gasteiger partial charge in [-0.1, -0.05) is 32.4 Å². The average molecular weight is 306 g/mol. The van der Waals surface area contributed by atoms with Crippen molar-refractivity contribution in [3.05, 3.63) is 46.9 Å². The Hall–Kier alpha value is -1.65. The zero-order valence-corrected chi connectivity index (χ0v) is 13.3. The van der Waals surface area contributed by atoms with Crippen LogP contribution in [0.4, 0.5) is 0 Å². The maximum absolute atomic E-state index is 5.92. The van der Waals surface area contributed by atoms with Crippen molar-refractivity contribution in [2.75, 3.05) is 6.54 Å². The van der Waals surface area contributed by atoms with Crippen molar-refractivity contribution in [2.24, 2.45) is 0 Å². The van der Waals surface area contributed by atoms with Gasteiger partial charge in [0.1, 0.15) is 5.75 Å². The second-order valence-corrected chi connectivity index (χ2v) is 5.55. The van der Waals surface area contributed by atoms with E-state index in [2.05, 4.69) is 42.1 Å². The van der Waals surface area contributed by atoms with Gasteiger partial charge in [-0.15, -0.1) is 0 Å². The minimum atomic E-state index is 0.339. The predicted octanol–water partition coefficient (Wildman–Crippen LogP) is 4.16. The Balaban J connectivity index is 2.26. The van der Waals surface area contributed by atoms with Gasteiger partial charge in [-0.2, -0.15) is 0 Å². The van der Waals surface area contributed by atoms with Crippen LogP contribution in [0.15, 0.2) is 30.6 Å². The maximum atomic E-state index is 5.92. The molecule has 0 amide bonds. The summed E-state index contributed by atoms with van der Waals surface area (Å²) >= 11 is 5.92. The molecule has 0 atom stereocenters. The first-order valence-corrected chi connectivity index (χ1v) is 7.46. The van der Waals surface area contributed by atoms with E-state index >= 15 is 0 Å². The summed E-state index contributed by atoms with van der Waals surface area (Å²) in [7, 11) is 0. The molecule has 0 bridgehead atoms. The lowest BCUT2D eigenvalue weighted by molar-refractivity contribution is 0.456. The topological polar surface area (TPSA) is 47.0 Å². The van der Waals surface area contributed by atoms with Crippen molar-refractivity contribution in [1.82, 2.24) is 15.3 Å². The van der Waals surface area contributed by atoms with Gasteiger partial charge >= 0.3 is 0 Å². The van der Waals surface area contributed by atoms with Crippen molar-refractivity contribution in [3.63, 3.8) is 0 Å². The van der Waals surface area contributed by atoms with E-state index < -0.39 is 0 Å². The fourth-order valence-electron chi connectivity index (χ4n) is 1.87. The second-order valence-electron chi connectivity index (χ2n) is 5.11. The van der Waals surface area contributed by atoms with Crippen LogP contribution in [0.5, 0.6) is 11.6 Å². The molecular weight excluding hydrogens is 286 g/mol. The molecule has 0 aliphatic carbocycles. The minimum Gasteiger partial charge on any atom is -0.437 e. The molecule has 2 rings (SSSR count). The highest BCUT2D eigenvalue weighted by molar-refractivity contribution is 6.30. The second kappa shape index (κ2) is 7.38. The quantitative estimate of drug-likeness (QED) is 0.870. The molecule has 0 aliphatic heterocycles. The number of nitrogens with one attached hydrogen (secondary N) is 1. The third-order valence-corrected chi connectivity index (χ3v) is 3.16. The van der Waals surface area contributed by atoms with Gasteiger partial charge in [-0.25, -0.2) is 4.98 Å². The summed E-state index contributed by atoms with van der Waals surface area (Å²) in [5.41, 5.74) is 2.16. The highest BCUT2D eigenvalue weighted by Crippen LogP contribution is 2.25. The zero-order valence-electron chi connectivity index (χ0n) is 12.6. The summed E-state index contributed by atoms with van der Waals surface area (Å²) < 4.78 is 5.78. The van der Waals surface area contributed by atoms with Crippen LogP contribution in [0.1, 0.15) is 37.9 Å². The van der Waals surface area contributed by atoms with Crippen molar-refractivity contribution in [3.8, 4) is 11.6 Å². The Kier molecular flexibility index (Phi) is 5.53. The lowest BCUT2D eigenvalue weighted by Gasteiger charge is -2.12. The van der Waals surface area contributed by atoms with Gasteiger partial charge in [0, 0.05) is 30.6 Å². The average Bonchev–Trinajstić information content (AvgIpc) is 2.45. The molecule has 2 aromatic rings. The van der Waals surface area contributed by atoms with E-state index in [9.17, 15) is 0 Å². The molecule has 2 heterocycles. The number of hydrogen-bond donors (Lipinski definition) is 1. The third kappa shape index (κ3) is 4.69. The minimum absolute atomic E-state index is 0.339. The number of ether oxygens (including phenoxy) is 1.